The lowest BCUT2D eigenvalue weighted by molar-refractivity contribution is -0.123. The molecule has 1 aromatic carbocycles. The first-order valence-corrected chi connectivity index (χ1v) is 5.62. The van der Waals surface area contributed by atoms with Gasteiger partial charge in [-0.05, 0) is 18.6 Å². The number of rotatable bonds is 8. The summed E-state index contributed by atoms with van der Waals surface area (Å²) in [6.07, 6.45) is 0.664. The molecular formula is C12H18N2O4. The summed E-state index contributed by atoms with van der Waals surface area (Å²) >= 11 is 0. The maximum atomic E-state index is 11.4. The van der Waals surface area contributed by atoms with Gasteiger partial charge in [0.15, 0.2) is 18.1 Å². The van der Waals surface area contributed by atoms with Gasteiger partial charge in [0.1, 0.15) is 0 Å². The third kappa shape index (κ3) is 5.03. The molecule has 0 atom stereocenters. The summed E-state index contributed by atoms with van der Waals surface area (Å²) < 4.78 is 10.5. The van der Waals surface area contributed by atoms with Crippen LogP contribution in [0, 0.1) is 0 Å². The van der Waals surface area contributed by atoms with Crippen LogP contribution in [0.4, 0.5) is 0 Å². The first-order chi connectivity index (χ1) is 8.77. The van der Waals surface area contributed by atoms with Crippen molar-refractivity contribution in [2.24, 2.45) is 5.90 Å². The van der Waals surface area contributed by atoms with Crippen LogP contribution in [0.3, 0.4) is 0 Å². The van der Waals surface area contributed by atoms with Crippen LogP contribution in [0.25, 0.3) is 0 Å². The van der Waals surface area contributed by atoms with Gasteiger partial charge in [0.25, 0.3) is 5.91 Å². The molecule has 6 nitrogen and oxygen atoms in total. The van der Waals surface area contributed by atoms with E-state index in [9.17, 15) is 4.79 Å². The van der Waals surface area contributed by atoms with Crippen molar-refractivity contribution < 1.29 is 19.1 Å². The molecule has 0 saturated heterocycles. The molecule has 0 aliphatic heterocycles. The first-order valence-electron chi connectivity index (χ1n) is 5.62. The van der Waals surface area contributed by atoms with Crippen LogP contribution in [0.5, 0.6) is 11.5 Å². The van der Waals surface area contributed by atoms with Gasteiger partial charge in [-0.2, -0.15) is 0 Å². The van der Waals surface area contributed by atoms with Crippen molar-refractivity contribution in [3.8, 4) is 11.5 Å². The van der Waals surface area contributed by atoms with E-state index in [-0.39, 0.29) is 12.5 Å². The lowest BCUT2D eigenvalue weighted by atomic mass is 10.3. The van der Waals surface area contributed by atoms with E-state index in [1.54, 1.807) is 19.2 Å². The topological polar surface area (TPSA) is 82.8 Å². The van der Waals surface area contributed by atoms with E-state index in [1.807, 2.05) is 12.1 Å². The molecule has 0 spiro atoms. The molecule has 1 aromatic rings. The van der Waals surface area contributed by atoms with Crippen molar-refractivity contribution in [1.82, 2.24) is 5.32 Å². The summed E-state index contributed by atoms with van der Waals surface area (Å²) in [5.74, 6) is 5.81. The van der Waals surface area contributed by atoms with Crippen molar-refractivity contribution in [2.75, 3.05) is 26.9 Å². The molecule has 18 heavy (non-hydrogen) atoms. The summed E-state index contributed by atoms with van der Waals surface area (Å²) in [7, 11) is 1.55. The number of nitrogens with two attached hydrogens (primary N) is 1. The Hall–Kier alpha value is -1.79. The molecule has 0 unspecified atom stereocenters. The average Bonchev–Trinajstić information content (AvgIpc) is 2.41. The van der Waals surface area contributed by atoms with E-state index in [1.165, 1.54) is 0 Å². The standard InChI is InChI=1S/C12H18N2O4/c1-16-10-5-2-3-6-11(10)17-9-12(15)14-7-4-8-18-13/h2-3,5-6H,4,7-9,13H2,1H3,(H,14,15). The summed E-state index contributed by atoms with van der Waals surface area (Å²) in [4.78, 5) is 15.8. The summed E-state index contributed by atoms with van der Waals surface area (Å²) in [5, 5.41) is 2.68. The molecule has 0 saturated carbocycles. The van der Waals surface area contributed by atoms with E-state index < -0.39 is 0 Å². The normalized spacial score (nSPS) is 9.89. The summed E-state index contributed by atoms with van der Waals surface area (Å²) in [5.41, 5.74) is 0. The highest BCUT2D eigenvalue weighted by Crippen LogP contribution is 2.25. The zero-order valence-electron chi connectivity index (χ0n) is 10.3. The molecule has 0 aromatic heterocycles. The zero-order valence-corrected chi connectivity index (χ0v) is 10.3. The minimum Gasteiger partial charge on any atom is -0.493 e. The van der Waals surface area contributed by atoms with E-state index in [2.05, 4.69) is 10.2 Å². The quantitative estimate of drug-likeness (QED) is 0.520. The van der Waals surface area contributed by atoms with Crippen molar-refractivity contribution in [3.05, 3.63) is 24.3 Å². The lowest BCUT2D eigenvalue weighted by Gasteiger charge is -2.10. The van der Waals surface area contributed by atoms with Gasteiger partial charge in [-0.3, -0.25) is 4.79 Å². The van der Waals surface area contributed by atoms with Crippen LogP contribution in [0.15, 0.2) is 24.3 Å². The maximum Gasteiger partial charge on any atom is 0.257 e. The number of methoxy groups -OCH3 is 1. The Morgan fingerprint density at radius 3 is 2.72 bits per heavy atom. The Bertz CT molecular complexity index is 371. The monoisotopic (exact) mass is 254 g/mol. The second-order valence-corrected chi connectivity index (χ2v) is 3.51. The zero-order chi connectivity index (χ0) is 13.2. The van der Waals surface area contributed by atoms with Crippen molar-refractivity contribution in [3.63, 3.8) is 0 Å². The highest BCUT2D eigenvalue weighted by molar-refractivity contribution is 5.77. The van der Waals surface area contributed by atoms with Gasteiger partial charge in [0.2, 0.25) is 0 Å². The minimum absolute atomic E-state index is 0.0517. The minimum atomic E-state index is -0.196. The molecule has 0 heterocycles. The predicted molar refractivity (Wildman–Crippen MR) is 66.3 cm³/mol. The second-order valence-electron chi connectivity index (χ2n) is 3.51. The second kappa shape index (κ2) is 8.32. The molecule has 0 aliphatic rings. The molecule has 3 N–H and O–H groups in total. The van der Waals surface area contributed by atoms with Crippen LogP contribution in [0.2, 0.25) is 0 Å². The summed E-state index contributed by atoms with van der Waals surface area (Å²) in [6.45, 7) is 0.864. The third-order valence-electron chi connectivity index (χ3n) is 2.19. The van der Waals surface area contributed by atoms with Crippen LogP contribution in [-0.4, -0.2) is 32.8 Å². The number of benzene rings is 1. The van der Waals surface area contributed by atoms with Crippen molar-refractivity contribution >= 4 is 5.91 Å². The van der Waals surface area contributed by atoms with E-state index in [0.717, 1.165) is 0 Å². The number of carbonyl (C=O) groups excluding carboxylic acids is 1. The van der Waals surface area contributed by atoms with Crippen LogP contribution < -0.4 is 20.7 Å². The number of ether oxygens (including phenoxy) is 2. The number of para-hydroxylation sites is 2. The fourth-order valence-electron chi connectivity index (χ4n) is 1.32. The predicted octanol–water partition coefficient (Wildman–Crippen LogP) is 0.471. The van der Waals surface area contributed by atoms with Crippen LogP contribution in [-0.2, 0) is 9.63 Å². The molecule has 1 amide bonds. The SMILES string of the molecule is COc1ccccc1OCC(=O)NCCCON. The Balaban J connectivity index is 2.29. The van der Waals surface area contributed by atoms with Gasteiger partial charge >= 0.3 is 0 Å². The lowest BCUT2D eigenvalue weighted by Crippen LogP contribution is -2.30. The summed E-state index contributed by atoms with van der Waals surface area (Å²) in [6, 6.07) is 7.16. The first kappa shape index (κ1) is 14.3. The average molecular weight is 254 g/mol. The number of nitrogens with one attached hydrogen (secondary N) is 1. The highest BCUT2D eigenvalue weighted by atomic mass is 16.6. The smallest absolute Gasteiger partial charge is 0.257 e. The number of carbonyl (C=O) groups is 1. The fraction of sp³-hybridized carbons (Fsp3) is 0.417. The molecule has 100 valence electrons. The van der Waals surface area contributed by atoms with Gasteiger partial charge in [-0.15, -0.1) is 0 Å². The van der Waals surface area contributed by atoms with Crippen LogP contribution in [0.1, 0.15) is 6.42 Å². The van der Waals surface area contributed by atoms with E-state index in [4.69, 9.17) is 15.4 Å². The number of hydrogen-bond donors (Lipinski definition) is 2. The molecular weight excluding hydrogens is 236 g/mol. The van der Waals surface area contributed by atoms with Crippen molar-refractivity contribution in [2.45, 2.75) is 6.42 Å². The number of amides is 1. The maximum absolute atomic E-state index is 11.4. The van der Waals surface area contributed by atoms with Gasteiger partial charge in [0, 0.05) is 6.54 Å². The van der Waals surface area contributed by atoms with Gasteiger partial charge in [0.05, 0.1) is 13.7 Å². The fourth-order valence-corrected chi connectivity index (χ4v) is 1.32. The Morgan fingerprint density at radius 1 is 1.33 bits per heavy atom. The number of hydrogen-bond acceptors (Lipinski definition) is 5. The Labute approximate surface area is 106 Å². The van der Waals surface area contributed by atoms with E-state index >= 15 is 0 Å². The van der Waals surface area contributed by atoms with Gasteiger partial charge in [-0.1, -0.05) is 12.1 Å². The Morgan fingerprint density at radius 2 is 2.06 bits per heavy atom. The molecule has 0 radical (unpaired) electrons. The highest BCUT2D eigenvalue weighted by Gasteiger charge is 2.05. The van der Waals surface area contributed by atoms with E-state index in [0.29, 0.717) is 31.1 Å². The van der Waals surface area contributed by atoms with Gasteiger partial charge < -0.3 is 19.6 Å². The molecule has 0 aliphatic carbocycles. The largest absolute Gasteiger partial charge is 0.493 e. The van der Waals surface area contributed by atoms with Crippen LogP contribution >= 0.6 is 0 Å². The molecule has 0 bridgehead atoms. The molecule has 6 heteroatoms. The molecule has 0 fully saturated rings. The third-order valence-corrected chi connectivity index (χ3v) is 2.19. The molecule has 1 rings (SSSR count). The Kier molecular flexibility index (Phi) is 6.60. The van der Waals surface area contributed by atoms with Crippen molar-refractivity contribution in [1.29, 1.82) is 0 Å². The van der Waals surface area contributed by atoms with Gasteiger partial charge in [-0.25, -0.2) is 5.90 Å².